The van der Waals surface area contributed by atoms with Crippen molar-refractivity contribution in [3.8, 4) is 0 Å². The Labute approximate surface area is 137 Å². The molecule has 0 aromatic carbocycles. The highest BCUT2D eigenvalue weighted by Gasteiger charge is 2.61. The van der Waals surface area contributed by atoms with E-state index in [4.69, 9.17) is 5.73 Å². The van der Waals surface area contributed by atoms with Crippen LogP contribution in [0.4, 0.5) is 4.39 Å². The van der Waals surface area contributed by atoms with Crippen molar-refractivity contribution < 1.29 is 14.6 Å². The molecule has 23 heavy (non-hydrogen) atoms. The molecular weight excluding hydrogens is 293 g/mol. The average molecular weight is 321 g/mol. The van der Waals surface area contributed by atoms with Crippen molar-refractivity contribution in [2.75, 3.05) is 0 Å². The number of hydrogen-bond acceptors (Lipinski definition) is 3. The highest BCUT2D eigenvalue weighted by Crippen LogP contribution is 2.66. The highest BCUT2D eigenvalue weighted by atomic mass is 19.1. The second-order valence-corrected chi connectivity index (χ2v) is 8.84. The van der Waals surface area contributed by atoms with E-state index in [2.05, 4.69) is 13.8 Å². The molecule has 0 saturated heterocycles. The van der Waals surface area contributed by atoms with Crippen LogP contribution in [0.25, 0.3) is 0 Å². The highest BCUT2D eigenvalue weighted by molar-refractivity contribution is 5.27. The Morgan fingerprint density at radius 2 is 2.00 bits per heavy atom. The van der Waals surface area contributed by atoms with Gasteiger partial charge >= 0.3 is 0 Å². The molecule has 0 spiro atoms. The molecule has 3 nitrogen and oxygen atoms in total. The van der Waals surface area contributed by atoms with Crippen LogP contribution in [0.15, 0.2) is 23.4 Å². The van der Waals surface area contributed by atoms with Gasteiger partial charge in [0.15, 0.2) is 0 Å². The third kappa shape index (κ3) is 1.90. The third-order valence-corrected chi connectivity index (χ3v) is 7.98. The van der Waals surface area contributed by atoms with Gasteiger partial charge in [0.25, 0.3) is 0 Å². The molecule has 0 aliphatic heterocycles. The molecule has 4 rings (SSSR count). The SMILES string of the molecule is C[C@]12CCC(O)=CC1CC(O)[C@@H]1[C@@H]2CC[C@]2(C)C(N)=C(F)C[C@@H]12. The Hall–Kier alpha value is -1.03. The van der Waals surface area contributed by atoms with Crippen LogP contribution < -0.4 is 5.73 Å². The van der Waals surface area contributed by atoms with E-state index in [0.717, 1.165) is 25.7 Å². The average Bonchev–Trinajstić information content (AvgIpc) is 2.73. The lowest BCUT2D eigenvalue weighted by Gasteiger charge is -2.60. The lowest BCUT2D eigenvalue weighted by atomic mass is 9.45. The number of hydrogen-bond donors (Lipinski definition) is 3. The Bertz CT molecular complexity index is 600. The van der Waals surface area contributed by atoms with Crippen LogP contribution in [0.2, 0.25) is 0 Å². The number of rotatable bonds is 0. The van der Waals surface area contributed by atoms with E-state index in [1.54, 1.807) is 0 Å². The second-order valence-electron chi connectivity index (χ2n) is 8.84. The Morgan fingerprint density at radius 3 is 2.74 bits per heavy atom. The molecule has 0 radical (unpaired) electrons. The smallest absolute Gasteiger partial charge is 0.119 e. The lowest BCUT2D eigenvalue weighted by molar-refractivity contribution is -0.139. The second kappa shape index (κ2) is 4.75. The van der Waals surface area contributed by atoms with E-state index in [9.17, 15) is 14.6 Å². The summed E-state index contributed by atoms with van der Waals surface area (Å²) >= 11 is 0. The van der Waals surface area contributed by atoms with E-state index in [-0.39, 0.29) is 34.4 Å². The van der Waals surface area contributed by atoms with Gasteiger partial charge in [0.2, 0.25) is 0 Å². The maximum absolute atomic E-state index is 14.3. The first-order valence-electron chi connectivity index (χ1n) is 8.99. The van der Waals surface area contributed by atoms with E-state index in [1.165, 1.54) is 0 Å². The molecule has 4 heteroatoms. The molecule has 0 heterocycles. The Morgan fingerprint density at radius 1 is 1.26 bits per heavy atom. The zero-order valence-corrected chi connectivity index (χ0v) is 14.1. The molecule has 2 unspecified atom stereocenters. The van der Waals surface area contributed by atoms with Gasteiger partial charge in [-0.25, -0.2) is 4.39 Å². The first-order chi connectivity index (χ1) is 10.8. The largest absolute Gasteiger partial charge is 0.513 e. The predicted octanol–water partition coefficient (Wildman–Crippen LogP) is 3.80. The van der Waals surface area contributed by atoms with Crippen molar-refractivity contribution in [3.05, 3.63) is 23.4 Å². The Kier molecular flexibility index (Phi) is 3.20. The van der Waals surface area contributed by atoms with Gasteiger partial charge in [-0.05, 0) is 60.8 Å². The molecule has 0 bridgehead atoms. The molecule has 7 atom stereocenters. The van der Waals surface area contributed by atoms with Crippen LogP contribution in [0.1, 0.15) is 52.4 Å². The van der Waals surface area contributed by atoms with Gasteiger partial charge in [-0.1, -0.05) is 13.8 Å². The summed E-state index contributed by atoms with van der Waals surface area (Å²) < 4.78 is 14.3. The molecule has 4 aliphatic carbocycles. The molecule has 4 aliphatic rings. The van der Waals surface area contributed by atoms with Gasteiger partial charge < -0.3 is 15.9 Å². The molecule has 0 amide bonds. The monoisotopic (exact) mass is 321 g/mol. The summed E-state index contributed by atoms with van der Waals surface area (Å²) in [5.41, 5.74) is 6.34. The maximum Gasteiger partial charge on any atom is 0.119 e. The molecular formula is C19H28FNO2. The van der Waals surface area contributed by atoms with Gasteiger partial charge in [0.05, 0.1) is 11.9 Å². The predicted molar refractivity (Wildman–Crippen MR) is 86.9 cm³/mol. The van der Waals surface area contributed by atoms with Crippen LogP contribution >= 0.6 is 0 Å². The van der Waals surface area contributed by atoms with E-state index < -0.39 is 6.10 Å². The quantitative estimate of drug-likeness (QED) is 0.636. The van der Waals surface area contributed by atoms with Gasteiger partial charge in [-0.2, -0.15) is 0 Å². The molecule has 2 fully saturated rings. The summed E-state index contributed by atoms with van der Waals surface area (Å²) in [5.74, 6) is 1.17. The summed E-state index contributed by atoms with van der Waals surface area (Å²) in [6, 6.07) is 0. The number of halogens is 1. The summed E-state index contributed by atoms with van der Waals surface area (Å²) in [7, 11) is 0. The number of allylic oxidation sites excluding steroid dienone is 4. The van der Waals surface area contributed by atoms with Gasteiger partial charge in [-0.3, -0.25) is 0 Å². The van der Waals surface area contributed by atoms with Gasteiger partial charge in [0, 0.05) is 24.0 Å². The molecule has 128 valence electrons. The maximum atomic E-state index is 14.3. The van der Waals surface area contributed by atoms with Crippen LogP contribution in [0, 0.1) is 34.5 Å². The minimum atomic E-state index is -0.427. The third-order valence-electron chi connectivity index (χ3n) is 7.98. The standard InChI is InChI=1S/C19H28FNO2/c1-18-5-3-11(22)7-10(18)8-15(23)16-12(18)4-6-19(2)13(16)9-14(20)17(19)21/h7,10,12-13,15-16,22-23H,3-6,8-9,21H2,1-2H3/t10?,12-,13-,15?,16+,18-,19-/m0/s1. The molecule has 4 N–H and O–H groups in total. The topological polar surface area (TPSA) is 66.5 Å². The van der Waals surface area contributed by atoms with Crippen molar-refractivity contribution in [2.45, 2.75) is 58.5 Å². The number of aliphatic hydroxyl groups is 2. The fourth-order valence-electron chi connectivity index (χ4n) is 6.46. The summed E-state index contributed by atoms with van der Waals surface area (Å²) in [4.78, 5) is 0. The van der Waals surface area contributed by atoms with Crippen molar-refractivity contribution in [1.29, 1.82) is 0 Å². The fourth-order valence-corrected chi connectivity index (χ4v) is 6.46. The molecule has 0 aromatic rings. The van der Waals surface area contributed by atoms with E-state index in [0.29, 0.717) is 30.2 Å². The van der Waals surface area contributed by atoms with Gasteiger partial charge in [-0.15, -0.1) is 0 Å². The summed E-state index contributed by atoms with van der Waals surface area (Å²) in [6.45, 7) is 4.40. The van der Waals surface area contributed by atoms with E-state index in [1.807, 2.05) is 6.08 Å². The molecule has 2 saturated carbocycles. The van der Waals surface area contributed by atoms with Gasteiger partial charge in [0.1, 0.15) is 5.83 Å². The van der Waals surface area contributed by atoms with Crippen LogP contribution in [0.5, 0.6) is 0 Å². The minimum Gasteiger partial charge on any atom is -0.513 e. The first kappa shape index (κ1) is 15.5. The van der Waals surface area contributed by atoms with Crippen LogP contribution in [-0.4, -0.2) is 16.3 Å². The number of nitrogens with two attached hydrogens (primary N) is 1. The summed E-state index contributed by atoms with van der Waals surface area (Å²) in [5, 5.41) is 20.8. The van der Waals surface area contributed by atoms with Crippen molar-refractivity contribution in [3.63, 3.8) is 0 Å². The zero-order valence-electron chi connectivity index (χ0n) is 14.1. The van der Waals surface area contributed by atoms with Crippen molar-refractivity contribution >= 4 is 0 Å². The van der Waals surface area contributed by atoms with Crippen molar-refractivity contribution in [2.24, 2.45) is 40.2 Å². The van der Waals surface area contributed by atoms with Crippen LogP contribution in [-0.2, 0) is 0 Å². The normalized spacial score (nSPS) is 52.5. The van der Waals surface area contributed by atoms with E-state index >= 15 is 0 Å². The minimum absolute atomic E-state index is 0.102. The summed E-state index contributed by atoms with van der Waals surface area (Å²) in [6.07, 6.45) is 6.19. The first-order valence-corrected chi connectivity index (χ1v) is 8.99. The van der Waals surface area contributed by atoms with Crippen LogP contribution in [0.3, 0.4) is 0 Å². The Balaban J connectivity index is 1.72. The fraction of sp³-hybridized carbons (Fsp3) is 0.789. The lowest BCUT2D eigenvalue weighted by Crippen LogP contribution is -2.57. The van der Waals surface area contributed by atoms with Crippen molar-refractivity contribution in [1.82, 2.24) is 0 Å². The zero-order chi connectivity index (χ0) is 16.6. The number of fused-ring (bicyclic) bond motifs is 5. The molecule has 0 aromatic heterocycles. The number of aliphatic hydroxyl groups excluding tert-OH is 2.